The number of nitrogen functional groups attached to an aromatic ring is 1. The highest BCUT2D eigenvalue weighted by atomic mass is 16.6. The average molecular weight is 489 g/mol. The molecule has 0 aliphatic carbocycles. The van der Waals surface area contributed by atoms with Crippen molar-refractivity contribution in [1.82, 2.24) is 24.6 Å². The van der Waals surface area contributed by atoms with E-state index in [-0.39, 0.29) is 12.1 Å². The molecule has 3 heterocycles. The summed E-state index contributed by atoms with van der Waals surface area (Å²) in [5, 5.41) is 5.46. The molecule has 2 N–H and O–H groups in total. The summed E-state index contributed by atoms with van der Waals surface area (Å²) >= 11 is 0. The zero-order valence-corrected chi connectivity index (χ0v) is 22.3. The molecule has 1 fully saturated rings. The summed E-state index contributed by atoms with van der Waals surface area (Å²) in [5.74, 6) is 7.70. The van der Waals surface area contributed by atoms with Crippen LogP contribution in [-0.2, 0) is 4.74 Å². The van der Waals surface area contributed by atoms with E-state index in [0.29, 0.717) is 47.5 Å². The molecule has 0 spiro atoms. The van der Waals surface area contributed by atoms with Gasteiger partial charge in [-0.1, -0.05) is 39.7 Å². The van der Waals surface area contributed by atoms with Gasteiger partial charge in [0.05, 0.1) is 11.4 Å². The normalized spacial score (nSPS) is 16.0. The first-order valence-electron chi connectivity index (χ1n) is 12.6. The number of nitrogens with two attached hydrogens (primary N) is 1. The maximum absolute atomic E-state index is 12.6. The van der Waals surface area contributed by atoms with Crippen LogP contribution in [0.4, 0.5) is 10.6 Å². The van der Waals surface area contributed by atoms with Gasteiger partial charge < -0.3 is 15.4 Å². The van der Waals surface area contributed by atoms with Gasteiger partial charge in [0.2, 0.25) is 0 Å². The molecule has 4 rings (SSSR count). The lowest BCUT2D eigenvalue weighted by Gasteiger charge is -2.24. The van der Waals surface area contributed by atoms with Crippen molar-refractivity contribution in [3.63, 3.8) is 0 Å². The minimum Gasteiger partial charge on any atom is -0.444 e. The predicted molar refractivity (Wildman–Crippen MR) is 142 cm³/mol. The van der Waals surface area contributed by atoms with Crippen LogP contribution < -0.4 is 5.73 Å². The van der Waals surface area contributed by atoms with Crippen LogP contribution in [0.15, 0.2) is 24.5 Å². The van der Waals surface area contributed by atoms with Crippen LogP contribution in [0, 0.1) is 11.8 Å². The molecule has 0 saturated carbocycles. The minimum absolute atomic E-state index is 0.0540. The first-order valence-corrected chi connectivity index (χ1v) is 12.6. The Morgan fingerprint density at radius 3 is 2.36 bits per heavy atom. The number of hydrogen-bond acceptors (Lipinski definition) is 6. The molecule has 0 bridgehead atoms. The number of ether oxygens (including phenoxy) is 1. The van der Waals surface area contributed by atoms with E-state index < -0.39 is 5.60 Å². The summed E-state index contributed by atoms with van der Waals surface area (Å²) in [4.78, 5) is 22.9. The van der Waals surface area contributed by atoms with Crippen molar-refractivity contribution >= 4 is 22.9 Å². The van der Waals surface area contributed by atoms with E-state index in [2.05, 4.69) is 67.7 Å². The Hall–Kier alpha value is -3.60. The standard InChI is InChI=1S/C28H36N6O2/c1-17(2)20-12-19(13-21(14-20)18(3)4)8-9-23-24-25(29)30-16-31-26(24)34(32-23)22-10-11-33(15-22)27(35)36-28(5,6)7/h12-14,16-18,22H,10-11,15H2,1-7H3,(H2,29,30,31)/t22-/m0/s1. The first kappa shape index (κ1) is 25.5. The summed E-state index contributed by atoms with van der Waals surface area (Å²) < 4.78 is 7.39. The second kappa shape index (κ2) is 9.81. The maximum Gasteiger partial charge on any atom is 0.410 e. The number of benzene rings is 1. The van der Waals surface area contributed by atoms with Crippen molar-refractivity contribution in [3.05, 3.63) is 46.9 Å². The van der Waals surface area contributed by atoms with Gasteiger partial charge in [0, 0.05) is 18.7 Å². The lowest BCUT2D eigenvalue weighted by Crippen LogP contribution is -2.35. The van der Waals surface area contributed by atoms with Crippen molar-refractivity contribution in [1.29, 1.82) is 0 Å². The molecule has 1 atom stereocenters. The van der Waals surface area contributed by atoms with Gasteiger partial charge in [0.25, 0.3) is 0 Å². The van der Waals surface area contributed by atoms with Gasteiger partial charge in [-0.05, 0) is 68.2 Å². The summed E-state index contributed by atoms with van der Waals surface area (Å²) in [6, 6.07) is 6.48. The fraction of sp³-hybridized carbons (Fsp3) is 0.500. The fourth-order valence-corrected chi connectivity index (χ4v) is 4.32. The highest BCUT2D eigenvalue weighted by Crippen LogP contribution is 2.29. The lowest BCUT2D eigenvalue weighted by molar-refractivity contribution is 0.0288. The number of fused-ring (bicyclic) bond motifs is 1. The monoisotopic (exact) mass is 488 g/mol. The van der Waals surface area contributed by atoms with E-state index in [1.54, 1.807) is 4.90 Å². The van der Waals surface area contributed by atoms with E-state index in [9.17, 15) is 4.79 Å². The van der Waals surface area contributed by atoms with Crippen LogP contribution in [0.3, 0.4) is 0 Å². The fourth-order valence-electron chi connectivity index (χ4n) is 4.32. The second-order valence-electron chi connectivity index (χ2n) is 11.1. The number of carbonyl (C=O) groups excluding carboxylic acids is 1. The van der Waals surface area contributed by atoms with E-state index >= 15 is 0 Å². The zero-order valence-electron chi connectivity index (χ0n) is 22.3. The molecule has 1 aromatic carbocycles. The zero-order chi connectivity index (χ0) is 26.2. The van der Waals surface area contributed by atoms with E-state index in [4.69, 9.17) is 15.6 Å². The predicted octanol–water partition coefficient (Wildman–Crippen LogP) is 5.24. The highest BCUT2D eigenvalue weighted by Gasteiger charge is 2.32. The Morgan fingerprint density at radius 1 is 1.08 bits per heavy atom. The molecule has 2 aromatic heterocycles. The number of rotatable bonds is 3. The first-order chi connectivity index (χ1) is 16.9. The third-order valence-corrected chi connectivity index (χ3v) is 6.32. The van der Waals surface area contributed by atoms with Crippen LogP contribution in [-0.4, -0.2) is 49.4 Å². The molecule has 1 amide bonds. The van der Waals surface area contributed by atoms with Gasteiger partial charge in [-0.25, -0.2) is 19.4 Å². The number of anilines is 1. The maximum atomic E-state index is 12.6. The van der Waals surface area contributed by atoms with Gasteiger partial charge in [0.15, 0.2) is 5.65 Å². The van der Waals surface area contributed by atoms with Crippen molar-refractivity contribution in [2.45, 2.75) is 78.4 Å². The molecule has 1 saturated heterocycles. The van der Waals surface area contributed by atoms with Gasteiger partial charge in [-0.15, -0.1) is 0 Å². The number of amides is 1. The van der Waals surface area contributed by atoms with Crippen molar-refractivity contribution in [2.75, 3.05) is 18.8 Å². The Morgan fingerprint density at radius 2 is 1.75 bits per heavy atom. The largest absolute Gasteiger partial charge is 0.444 e. The number of nitrogens with zero attached hydrogens (tertiary/aromatic N) is 5. The molecule has 3 aromatic rings. The molecular formula is C28H36N6O2. The van der Waals surface area contributed by atoms with Crippen LogP contribution in [0.1, 0.15) is 95.1 Å². The minimum atomic E-state index is -0.541. The second-order valence-corrected chi connectivity index (χ2v) is 11.1. The third kappa shape index (κ3) is 5.46. The number of likely N-dealkylation sites (tertiary alicyclic amines) is 1. The summed E-state index contributed by atoms with van der Waals surface area (Å²) in [7, 11) is 0. The Balaban J connectivity index is 1.69. The molecular weight excluding hydrogens is 452 g/mol. The van der Waals surface area contributed by atoms with Crippen LogP contribution in [0.5, 0.6) is 0 Å². The summed E-state index contributed by atoms with van der Waals surface area (Å²) in [6.07, 6.45) is 1.86. The van der Waals surface area contributed by atoms with Crippen molar-refractivity contribution in [3.8, 4) is 11.8 Å². The molecule has 0 unspecified atom stereocenters. The average Bonchev–Trinajstić information content (AvgIpc) is 3.42. The van der Waals surface area contributed by atoms with Gasteiger partial charge in [0.1, 0.15) is 23.4 Å². The molecule has 36 heavy (non-hydrogen) atoms. The van der Waals surface area contributed by atoms with Crippen molar-refractivity contribution < 1.29 is 9.53 Å². The highest BCUT2D eigenvalue weighted by molar-refractivity contribution is 5.90. The molecule has 1 aliphatic rings. The smallest absolute Gasteiger partial charge is 0.410 e. The summed E-state index contributed by atoms with van der Waals surface area (Å²) in [5.41, 5.74) is 10.3. The van der Waals surface area contributed by atoms with Crippen molar-refractivity contribution in [2.24, 2.45) is 0 Å². The molecule has 0 radical (unpaired) electrons. The summed E-state index contributed by atoms with van der Waals surface area (Å²) in [6.45, 7) is 15.4. The van der Waals surface area contributed by atoms with Crippen LogP contribution >= 0.6 is 0 Å². The van der Waals surface area contributed by atoms with Crippen LogP contribution in [0.25, 0.3) is 11.0 Å². The van der Waals surface area contributed by atoms with Crippen LogP contribution in [0.2, 0.25) is 0 Å². The molecule has 8 nitrogen and oxygen atoms in total. The molecule has 190 valence electrons. The van der Waals surface area contributed by atoms with Gasteiger partial charge in [-0.3, -0.25) is 0 Å². The Kier molecular flexibility index (Phi) is 6.94. The number of carbonyl (C=O) groups is 1. The molecule has 1 aliphatic heterocycles. The Bertz CT molecular complexity index is 1310. The number of hydrogen-bond donors (Lipinski definition) is 1. The number of aromatic nitrogens is 4. The Labute approximate surface area is 213 Å². The van der Waals surface area contributed by atoms with Gasteiger partial charge in [-0.2, -0.15) is 5.10 Å². The quantitative estimate of drug-likeness (QED) is 0.507. The van der Waals surface area contributed by atoms with E-state index in [1.165, 1.54) is 17.5 Å². The van der Waals surface area contributed by atoms with Gasteiger partial charge >= 0.3 is 6.09 Å². The third-order valence-electron chi connectivity index (χ3n) is 6.32. The lowest BCUT2D eigenvalue weighted by atomic mass is 9.93. The topological polar surface area (TPSA) is 99.2 Å². The SMILES string of the molecule is CC(C)c1cc(C#Cc2nn([C@H]3CCN(C(=O)OC(C)(C)C)C3)c3ncnc(N)c23)cc(C(C)C)c1. The molecule has 8 heteroatoms. The van der Waals surface area contributed by atoms with E-state index in [1.807, 2.05) is 25.5 Å². The van der Waals surface area contributed by atoms with E-state index in [0.717, 1.165) is 12.0 Å².